The van der Waals surface area contributed by atoms with Crippen molar-refractivity contribution in [1.82, 2.24) is 4.90 Å². The van der Waals surface area contributed by atoms with Crippen LogP contribution in [0.15, 0.2) is 24.3 Å². The van der Waals surface area contributed by atoms with E-state index in [9.17, 15) is 4.79 Å². The first kappa shape index (κ1) is 16.6. The Morgan fingerprint density at radius 1 is 1.22 bits per heavy atom. The van der Waals surface area contributed by atoms with Crippen LogP contribution in [-0.4, -0.2) is 29.5 Å². The maximum Gasteiger partial charge on any atom is 0.266 e. The number of carbonyl (C=O) groups excluding carboxylic acids is 1. The van der Waals surface area contributed by atoms with Gasteiger partial charge >= 0.3 is 0 Å². The average molecular weight is 336 g/mol. The van der Waals surface area contributed by atoms with Gasteiger partial charge in [0.25, 0.3) is 5.91 Å². The summed E-state index contributed by atoms with van der Waals surface area (Å²) in [6, 6.07) is 7.35. The van der Waals surface area contributed by atoms with E-state index in [-0.39, 0.29) is 5.91 Å². The quantitative estimate of drug-likeness (QED) is 0.799. The smallest absolute Gasteiger partial charge is 0.266 e. The molecule has 0 atom stereocenters. The van der Waals surface area contributed by atoms with Crippen molar-refractivity contribution in [3.63, 3.8) is 0 Å². The van der Waals surface area contributed by atoms with Crippen molar-refractivity contribution in [3.05, 3.63) is 29.3 Å². The minimum Gasteiger partial charge on any atom is -0.477 e. The first-order valence-corrected chi connectivity index (χ1v) is 9.25. The molecule has 23 heavy (non-hydrogen) atoms. The summed E-state index contributed by atoms with van der Waals surface area (Å²) < 4.78 is 6.24. The van der Waals surface area contributed by atoms with Gasteiger partial charge in [-0.3, -0.25) is 4.79 Å². The van der Waals surface area contributed by atoms with Crippen LogP contribution in [0.2, 0.25) is 5.02 Å². The number of carbonyl (C=O) groups is 1. The molecule has 1 aromatic carbocycles. The first-order valence-electron chi connectivity index (χ1n) is 8.87. The third-order valence-electron chi connectivity index (χ3n) is 5.41. The van der Waals surface area contributed by atoms with Crippen LogP contribution >= 0.6 is 11.6 Å². The maximum atomic E-state index is 13.2. The zero-order valence-corrected chi connectivity index (χ0v) is 14.6. The molecule has 2 fully saturated rings. The lowest BCUT2D eigenvalue weighted by atomic mass is 9.92. The van der Waals surface area contributed by atoms with Gasteiger partial charge in [0.15, 0.2) is 5.60 Å². The van der Waals surface area contributed by atoms with Crippen LogP contribution in [0.3, 0.4) is 0 Å². The van der Waals surface area contributed by atoms with E-state index in [4.69, 9.17) is 16.3 Å². The van der Waals surface area contributed by atoms with Gasteiger partial charge in [0.1, 0.15) is 5.75 Å². The number of ether oxygens (including phenoxy) is 1. The molecule has 1 aliphatic carbocycles. The zero-order chi connectivity index (χ0) is 16.3. The Balaban J connectivity index is 1.72. The van der Waals surface area contributed by atoms with Crippen LogP contribution in [0.25, 0.3) is 0 Å². The number of hydrogen-bond acceptors (Lipinski definition) is 2. The van der Waals surface area contributed by atoms with Gasteiger partial charge in [-0.2, -0.15) is 0 Å². The van der Waals surface area contributed by atoms with Gasteiger partial charge in [-0.1, -0.05) is 24.9 Å². The minimum atomic E-state index is -0.660. The van der Waals surface area contributed by atoms with E-state index in [2.05, 4.69) is 6.92 Å². The van der Waals surface area contributed by atoms with Crippen LogP contribution in [0.1, 0.15) is 51.9 Å². The third kappa shape index (κ3) is 3.65. The molecule has 1 amide bonds. The molecule has 2 aliphatic rings. The van der Waals surface area contributed by atoms with Crippen LogP contribution in [0.4, 0.5) is 0 Å². The Hall–Kier alpha value is -1.22. The number of amides is 1. The summed E-state index contributed by atoms with van der Waals surface area (Å²) in [6.45, 7) is 4.00. The predicted molar refractivity (Wildman–Crippen MR) is 92.9 cm³/mol. The fourth-order valence-electron chi connectivity index (χ4n) is 3.87. The minimum absolute atomic E-state index is 0.194. The van der Waals surface area contributed by atoms with E-state index in [1.807, 2.05) is 29.2 Å². The molecular weight excluding hydrogens is 310 g/mol. The molecule has 0 spiro atoms. The Morgan fingerprint density at radius 3 is 2.39 bits per heavy atom. The van der Waals surface area contributed by atoms with Gasteiger partial charge in [-0.15, -0.1) is 0 Å². The largest absolute Gasteiger partial charge is 0.477 e. The second-order valence-corrected chi connectivity index (χ2v) is 7.34. The van der Waals surface area contributed by atoms with Gasteiger partial charge in [-0.05, 0) is 68.7 Å². The highest BCUT2D eigenvalue weighted by Crippen LogP contribution is 2.37. The Morgan fingerprint density at radius 2 is 1.83 bits per heavy atom. The van der Waals surface area contributed by atoms with Crippen LogP contribution in [0, 0.1) is 5.92 Å². The topological polar surface area (TPSA) is 29.5 Å². The molecule has 3 nitrogen and oxygen atoms in total. The third-order valence-corrected chi connectivity index (χ3v) is 5.66. The van der Waals surface area contributed by atoms with Gasteiger partial charge < -0.3 is 9.64 Å². The first-order chi connectivity index (χ1) is 11.1. The monoisotopic (exact) mass is 335 g/mol. The number of nitrogens with zero attached hydrogens (tertiary/aromatic N) is 1. The molecule has 1 aromatic rings. The lowest BCUT2D eigenvalue weighted by Gasteiger charge is -2.38. The van der Waals surface area contributed by atoms with E-state index in [1.54, 1.807) is 0 Å². The van der Waals surface area contributed by atoms with Crippen molar-refractivity contribution in [3.8, 4) is 5.75 Å². The maximum absolute atomic E-state index is 13.2. The molecule has 3 rings (SSSR count). The summed E-state index contributed by atoms with van der Waals surface area (Å²) in [5, 5.41) is 0.686. The van der Waals surface area contributed by atoms with Crippen LogP contribution < -0.4 is 4.74 Å². The van der Waals surface area contributed by atoms with E-state index < -0.39 is 5.60 Å². The Bertz CT molecular complexity index is 529. The highest BCUT2D eigenvalue weighted by atomic mass is 35.5. The number of hydrogen-bond donors (Lipinski definition) is 0. The van der Waals surface area contributed by atoms with Gasteiger partial charge in [0.05, 0.1) is 0 Å². The molecule has 1 saturated carbocycles. The lowest BCUT2D eigenvalue weighted by molar-refractivity contribution is -0.149. The molecule has 1 heterocycles. The molecule has 1 saturated heterocycles. The summed E-state index contributed by atoms with van der Waals surface area (Å²) in [7, 11) is 0. The van der Waals surface area contributed by atoms with Crippen molar-refractivity contribution in [2.45, 2.75) is 57.5 Å². The second kappa shape index (κ2) is 7.12. The highest BCUT2D eigenvalue weighted by Gasteiger charge is 2.46. The molecular formula is C19H26ClNO2. The standard InChI is InChI=1S/C19H26ClNO2/c1-2-15-9-13-21(14-10-15)18(22)19(11-3-4-12-19)23-17-7-5-16(20)6-8-17/h5-8,15H,2-4,9-14H2,1H3. The predicted octanol–water partition coefficient (Wildman–Crippen LogP) is 4.68. The lowest BCUT2D eigenvalue weighted by Crippen LogP contribution is -2.53. The van der Waals surface area contributed by atoms with Crippen molar-refractivity contribution in [2.75, 3.05) is 13.1 Å². The van der Waals surface area contributed by atoms with Crippen molar-refractivity contribution >= 4 is 17.5 Å². The van der Waals surface area contributed by atoms with Crippen molar-refractivity contribution in [1.29, 1.82) is 0 Å². The summed E-state index contributed by atoms with van der Waals surface area (Å²) >= 11 is 5.94. The normalized spacial score (nSPS) is 21.4. The molecule has 4 heteroatoms. The SMILES string of the molecule is CCC1CCN(C(=O)C2(Oc3ccc(Cl)cc3)CCCC2)CC1. The van der Waals surface area contributed by atoms with E-state index in [1.165, 1.54) is 6.42 Å². The van der Waals surface area contributed by atoms with E-state index in [0.29, 0.717) is 5.02 Å². The number of likely N-dealkylation sites (tertiary alicyclic amines) is 1. The van der Waals surface area contributed by atoms with E-state index in [0.717, 1.165) is 63.3 Å². The van der Waals surface area contributed by atoms with Gasteiger partial charge in [0, 0.05) is 18.1 Å². The Kier molecular flexibility index (Phi) is 5.15. The zero-order valence-electron chi connectivity index (χ0n) is 13.9. The summed E-state index contributed by atoms with van der Waals surface area (Å²) in [5.41, 5.74) is -0.660. The highest BCUT2D eigenvalue weighted by molar-refractivity contribution is 6.30. The fourth-order valence-corrected chi connectivity index (χ4v) is 3.99. The number of piperidine rings is 1. The molecule has 126 valence electrons. The van der Waals surface area contributed by atoms with Crippen LogP contribution in [-0.2, 0) is 4.79 Å². The molecule has 0 unspecified atom stereocenters. The molecule has 0 bridgehead atoms. The number of benzene rings is 1. The summed E-state index contributed by atoms with van der Waals surface area (Å²) in [5.74, 6) is 1.71. The summed E-state index contributed by atoms with van der Waals surface area (Å²) in [4.78, 5) is 15.2. The number of halogens is 1. The second-order valence-electron chi connectivity index (χ2n) is 6.90. The number of rotatable bonds is 4. The molecule has 1 aliphatic heterocycles. The van der Waals surface area contributed by atoms with Gasteiger partial charge in [-0.25, -0.2) is 0 Å². The Labute approximate surface area is 144 Å². The van der Waals surface area contributed by atoms with Gasteiger partial charge in [0.2, 0.25) is 0 Å². The van der Waals surface area contributed by atoms with Crippen molar-refractivity contribution < 1.29 is 9.53 Å². The molecule has 0 aromatic heterocycles. The van der Waals surface area contributed by atoms with E-state index >= 15 is 0 Å². The summed E-state index contributed by atoms with van der Waals surface area (Å²) in [6.07, 6.45) is 7.23. The average Bonchev–Trinajstić information content (AvgIpc) is 3.06. The molecule has 0 radical (unpaired) electrons. The van der Waals surface area contributed by atoms with Crippen molar-refractivity contribution in [2.24, 2.45) is 5.92 Å². The fraction of sp³-hybridized carbons (Fsp3) is 0.632. The molecule has 0 N–H and O–H groups in total. The van der Waals surface area contributed by atoms with Crippen LogP contribution in [0.5, 0.6) is 5.75 Å².